The summed E-state index contributed by atoms with van der Waals surface area (Å²) in [6, 6.07) is 11.4. The van der Waals surface area contributed by atoms with E-state index in [-0.39, 0.29) is 12.7 Å². The molecule has 7 heteroatoms. The van der Waals surface area contributed by atoms with Crippen molar-refractivity contribution in [3.63, 3.8) is 0 Å². The number of benzene rings is 2. The Labute approximate surface area is 191 Å². The minimum Gasteiger partial charge on any atom is -0.492 e. The minimum atomic E-state index is -0.497. The number of hydrogen-bond acceptors (Lipinski definition) is 6. The Balaban J connectivity index is 1.52. The fraction of sp³-hybridized carbons (Fsp3) is 0.417. The number of esters is 2. The molecule has 1 saturated heterocycles. The highest BCUT2D eigenvalue weighted by molar-refractivity contribution is 9.10. The van der Waals surface area contributed by atoms with Gasteiger partial charge < -0.3 is 18.9 Å². The highest BCUT2D eigenvalue weighted by Gasteiger charge is 2.18. The van der Waals surface area contributed by atoms with Crippen molar-refractivity contribution in [1.82, 2.24) is 0 Å². The maximum Gasteiger partial charge on any atom is 0.343 e. The van der Waals surface area contributed by atoms with E-state index in [1.807, 2.05) is 0 Å². The van der Waals surface area contributed by atoms with Gasteiger partial charge in [-0.3, -0.25) is 0 Å². The molecule has 1 aliphatic rings. The van der Waals surface area contributed by atoms with Crippen LogP contribution in [0, 0.1) is 5.92 Å². The standard InChI is InChI=1S/C24H27BrO6/c1-16(2)11-13-29-22-10-7-18(14-21(22)25)24(27)31-19-8-5-17(6-9-19)23(26)30-15-20-4-3-12-28-20/h5-10,14,16,20H,3-4,11-13,15H2,1-2H3. The SMILES string of the molecule is CC(C)CCOc1ccc(C(=O)Oc2ccc(C(=O)OCC3CCCO3)cc2)cc1Br. The molecule has 0 amide bonds. The predicted octanol–water partition coefficient (Wildman–Crippen LogP) is 5.43. The third kappa shape index (κ3) is 7.08. The highest BCUT2D eigenvalue weighted by Crippen LogP contribution is 2.27. The molecule has 0 radical (unpaired) electrons. The van der Waals surface area contributed by atoms with Gasteiger partial charge in [-0.05, 0) is 83.6 Å². The van der Waals surface area contributed by atoms with Gasteiger partial charge in [-0.2, -0.15) is 0 Å². The minimum absolute atomic E-state index is 0.0181. The highest BCUT2D eigenvalue weighted by atomic mass is 79.9. The molecule has 0 aromatic heterocycles. The van der Waals surface area contributed by atoms with Crippen LogP contribution in [-0.4, -0.2) is 37.9 Å². The molecule has 2 aromatic rings. The molecular weight excluding hydrogens is 464 g/mol. The van der Waals surface area contributed by atoms with E-state index in [1.165, 1.54) is 0 Å². The molecular formula is C24H27BrO6. The van der Waals surface area contributed by atoms with Crippen molar-refractivity contribution in [2.24, 2.45) is 5.92 Å². The summed E-state index contributed by atoms with van der Waals surface area (Å²) in [4.78, 5) is 24.6. The average molecular weight is 491 g/mol. The number of rotatable bonds is 9. The van der Waals surface area contributed by atoms with Gasteiger partial charge in [0.2, 0.25) is 0 Å². The summed E-state index contributed by atoms with van der Waals surface area (Å²) in [5, 5.41) is 0. The van der Waals surface area contributed by atoms with Gasteiger partial charge in [0.15, 0.2) is 0 Å². The Kier molecular flexibility index (Phi) is 8.49. The van der Waals surface area contributed by atoms with E-state index in [2.05, 4.69) is 29.8 Å². The summed E-state index contributed by atoms with van der Waals surface area (Å²) in [6.45, 7) is 5.85. The lowest BCUT2D eigenvalue weighted by Crippen LogP contribution is -2.17. The summed E-state index contributed by atoms with van der Waals surface area (Å²) in [5.74, 6) is 0.660. The van der Waals surface area contributed by atoms with Crippen molar-refractivity contribution < 1.29 is 28.5 Å². The molecule has 6 nitrogen and oxygen atoms in total. The first-order chi connectivity index (χ1) is 14.9. The summed E-state index contributed by atoms with van der Waals surface area (Å²) in [7, 11) is 0. The van der Waals surface area contributed by atoms with E-state index in [1.54, 1.807) is 42.5 Å². The summed E-state index contributed by atoms with van der Waals surface area (Å²) >= 11 is 3.44. The summed E-state index contributed by atoms with van der Waals surface area (Å²) in [6.07, 6.45) is 2.83. The lowest BCUT2D eigenvalue weighted by atomic mass is 10.1. The van der Waals surface area contributed by atoms with Crippen LogP contribution in [0.3, 0.4) is 0 Å². The van der Waals surface area contributed by atoms with Gasteiger partial charge in [0.05, 0.1) is 28.3 Å². The van der Waals surface area contributed by atoms with Gasteiger partial charge in [-0.25, -0.2) is 9.59 Å². The molecule has 2 aromatic carbocycles. The third-order valence-electron chi connectivity index (χ3n) is 4.85. The van der Waals surface area contributed by atoms with Crippen LogP contribution in [-0.2, 0) is 9.47 Å². The number of halogens is 1. The van der Waals surface area contributed by atoms with Crippen molar-refractivity contribution in [3.8, 4) is 11.5 Å². The molecule has 3 rings (SSSR count). The van der Waals surface area contributed by atoms with Crippen LogP contribution < -0.4 is 9.47 Å². The zero-order valence-corrected chi connectivity index (χ0v) is 19.4. The predicted molar refractivity (Wildman–Crippen MR) is 120 cm³/mol. The summed E-state index contributed by atoms with van der Waals surface area (Å²) < 4.78 is 22.6. The van der Waals surface area contributed by atoms with Gasteiger partial charge in [0.25, 0.3) is 0 Å². The number of carbonyl (C=O) groups excluding carboxylic acids is 2. The van der Waals surface area contributed by atoms with E-state index in [4.69, 9.17) is 18.9 Å². The van der Waals surface area contributed by atoms with E-state index in [0.29, 0.717) is 46.2 Å². The molecule has 1 heterocycles. The monoisotopic (exact) mass is 490 g/mol. The zero-order chi connectivity index (χ0) is 22.2. The zero-order valence-electron chi connectivity index (χ0n) is 17.8. The van der Waals surface area contributed by atoms with Crippen molar-refractivity contribution in [1.29, 1.82) is 0 Å². The molecule has 1 fully saturated rings. The van der Waals surface area contributed by atoms with Gasteiger partial charge in [-0.1, -0.05) is 13.8 Å². The van der Waals surface area contributed by atoms with Crippen molar-refractivity contribution in [3.05, 3.63) is 58.1 Å². The largest absolute Gasteiger partial charge is 0.492 e. The molecule has 0 N–H and O–H groups in total. The number of carbonyl (C=O) groups is 2. The second-order valence-electron chi connectivity index (χ2n) is 7.82. The van der Waals surface area contributed by atoms with Crippen LogP contribution in [0.15, 0.2) is 46.9 Å². The molecule has 1 unspecified atom stereocenters. The fourth-order valence-electron chi connectivity index (χ4n) is 3.00. The maximum absolute atomic E-state index is 12.5. The van der Waals surface area contributed by atoms with Gasteiger partial charge in [0, 0.05) is 6.61 Å². The Hall–Kier alpha value is -2.38. The topological polar surface area (TPSA) is 71.1 Å². The van der Waals surface area contributed by atoms with Crippen LogP contribution in [0.2, 0.25) is 0 Å². The lowest BCUT2D eigenvalue weighted by molar-refractivity contribution is 0.0161. The van der Waals surface area contributed by atoms with Crippen molar-refractivity contribution >= 4 is 27.9 Å². The Morgan fingerprint density at radius 1 is 1.10 bits per heavy atom. The van der Waals surface area contributed by atoms with E-state index < -0.39 is 11.9 Å². The first-order valence-electron chi connectivity index (χ1n) is 10.5. The summed E-state index contributed by atoms with van der Waals surface area (Å²) in [5.41, 5.74) is 0.784. The second-order valence-corrected chi connectivity index (χ2v) is 8.68. The van der Waals surface area contributed by atoms with Gasteiger partial charge in [-0.15, -0.1) is 0 Å². The molecule has 31 heavy (non-hydrogen) atoms. The molecule has 166 valence electrons. The van der Waals surface area contributed by atoms with Gasteiger partial charge in [0.1, 0.15) is 18.1 Å². The lowest BCUT2D eigenvalue weighted by Gasteiger charge is -2.11. The van der Waals surface area contributed by atoms with Crippen LogP contribution in [0.4, 0.5) is 0 Å². The average Bonchev–Trinajstić information content (AvgIpc) is 3.27. The number of hydrogen-bond donors (Lipinski definition) is 0. The Morgan fingerprint density at radius 3 is 2.48 bits per heavy atom. The van der Waals surface area contributed by atoms with Crippen LogP contribution in [0.5, 0.6) is 11.5 Å². The first kappa shape index (κ1) is 23.3. The third-order valence-corrected chi connectivity index (χ3v) is 5.46. The number of ether oxygens (including phenoxy) is 4. The van der Waals surface area contributed by atoms with Crippen LogP contribution >= 0.6 is 15.9 Å². The smallest absolute Gasteiger partial charge is 0.343 e. The normalized spacial score (nSPS) is 15.7. The van der Waals surface area contributed by atoms with Crippen LogP contribution in [0.25, 0.3) is 0 Å². The quantitative estimate of drug-likeness (QED) is 0.344. The van der Waals surface area contributed by atoms with Crippen molar-refractivity contribution in [2.45, 2.75) is 39.2 Å². The van der Waals surface area contributed by atoms with Crippen LogP contribution in [0.1, 0.15) is 53.8 Å². The molecule has 0 saturated carbocycles. The Bertz CT molecular complexity index is 887. The van der Waals surface area contributed by atoms with Crippen molar-refractivity contribution in [2.75, 3.05) is 19.8 Å². The molecule has 0 aliphatic carbocycles. The van der Waals surface area contributed by atoms with E-state index in [0.717, 1.165) is 19.3 Å². The van der Waals surface area contributed by atoms with E-state index in [9.17, 15) is 9.59 Å². The maximum atomic E-state index is 12.5. The molecule has 0 spiro atoms. The molecule has 1 atom stereocenters. The Morgan fingerprint density at radius 2 is 1.84 bits per heavy atom. The van der Waals surface area contributed by atoms with Gasteiger partial charge >= 0.3 is 11.9 Å². The fourth-order valence-corrected chi connectivity index (χ4v) is 3.50. The first-order valence-corrected chi connectivity index (χ1v) is 11.2. The van der Waals surface area contributed by atoms with E-state index >= 15 is 0 Å². The molecule has 1 aliphatic heterocycles. The second kappa shape index (κ2) is 11.3. The molecule has 0 bridgehead atoms.